The molecule has 0 aliphatic carbocycles. The summed E-state index contributed by atoms with van der Waals surface area (Å²) in [6, 6.07) is 12.8. The molecule has 0 aromatic heterocycles. The summed E-state index contributed by atoms with van der Waals surface area (Å²) in [6.07, 6.45) is 0.786. The van der Waals surface area contributed by atoms with Gasteiger partial charge in [-0.3, -0.25) is 9.69 Å². The lowest BCUT2D eigenvalue weighted by Gasteiger charge is -2.34. The van der Waals surface area contributed by atoms with Gasteiger partial charge in [-0.15, -0.1) is 0 Å². The fourth-order valence-corrected chi connectivity index (χ4v) is 4.11. The number of benzene rings is 2. The highest BCUT2D eigenvalue weighted by atomic mass is 35.5. The first kappa shape index (κ1) is 16.2. The number of methoxy groups -OCH3 is 1. The fourth-order valence-electron chi connectivity index (χ4n) is 3.88. The molecule has 5 nitrogen and oxygen atoms in total. The number of hydrogen-bond acceptors (Lipinski definition) is 4. The number of ether oxygens (including phenoxy) is 1. The average Bonchev–Trinajstić information content (AvgIpc) is 3.15. The molecule has 1 N–H and O–H groups in total. The van der Waals surface area contributed by atoms with E-state index in [2.05, 4.69) is 4.90 Å². The molecule has 2 aliphatic rings. The van der Waals surface area contributed by atoms with Crippen LogP contribution in [0.2, 0.25) is 5.02 Å². The number of nitrogens with zero attached hydrogens (tertiary/aromatic N) is 2. The number of amides is 1. The van der Waals surface area contributed by atoms with Crippen LogP contribution in [-0.2, 0) is 11.3 Å². The molecule has 0 spiro atoms. The Balaban J connectivity index is 1.55. The van der Waals surface area contributed by atoms with E-state index in [4.69, 9.17) is 16.3 Å². The van der Waals surface area contributed by atoms with Gasteiger partial charge >= 0.3 is 0 Å². The zero-order chi connectivity index (χ0) is 17.6. The Morgan fingerprint density at radius 3 is 2.76 bits per heavy atom. The molecule has 0 unspecified atom stereocenters. The van der Waals surface area contributed by atoms with E-state index in [0.717, 1.165) is 24.2 Å². The van der Waals surface area contributed by atoms with Crippen LogP contribution in [0.3, 0.4) is 0 Å². The maximum Gasteiger partial charge on any atom is 0.244 e. The molecular formula is C19H19ClN2O3. The van der Waals surface area contributed by atoms with Crippen molar-refractivity contribution in [3.05, 3.63) is 53.1 Å². The minimum absolute atomic E-state index is 0.0757. The van der Waals surface area contributed by atoms with E-state index < -0.39 is 0 Å². The number of phenolic OH excluding ortho intramolecular Hbond substituents is 1. The van der Waals surface area contributed by atoms with Crippen molar-refractivity contribution in [3.8, 4) is 11.5 Å². The third kappa shape index (κ3) is 2.64. The van der Waals surface area contributed by atoms with Crippen molar-refractivity contribution in [2.45, 2.75) is 25.0 Å². The number of hydrogen-bond donors (Lipinski definition) is 1. The van der Waals surface area contributed by atoms with Gasteiger partial charge in [-0.2, -0.15) is 0 Å². The summed E-state index contributed by atoms with van der Waals surface area (Å²) >= 11 is 6.27. The number of carbonyl (C=O) groups is 1. The predicted octanol–water partition coefficient (Wildman–Crippen LogP) is 3.04. The molecule has 25 heavy (non-hydrogen) atoms. The van der Waals surface area contributed by atoms with Gasteiger partial charge in [0.1, 0.15) is 0 Å². The van der Waals surface area contributed by atoms with Crippen LogP contribution in [0.25, 0.3) is 0 Å². The third-order valence-electron chi connectivity index (χ3n) is 5.06. The number of likely N-dealkylation sites (tertiary alicyclic amines) is 1. The zero-order valence-electron chi connectivity index (χ0n) is 13.9. The summed E-state index contributed by atoms with van der Waals surface area (Å²) in [4.78, 5) is 16.8. The van der Waals surface area contributed by atoms with E-state index in [1.54, 1.807) is 6.07 Å². The van der Waals surface area contributed by atoms with Crippen molar-refractivity contribution in [1.29, 1.82) is 0 Å². The Hall–Kier alpha value is -2.24. The van der Waals surface area contributed by atoms with Gasteiger partial charge in [0, 0.05) is 18.7 Å². The van der Waals surface area contributed by atoms with Gasteiger partial charge in [0.05, 0.1) is 29.9 Å². The van der Waals surface area contributed by atoms with E-state index in [-0.39, 0.29) is 23.7 Å². The molecule has 2 aliphatic heterocycles. The maximum absolute atomic E-state index is 12.9. The van der Waals surface area contributed by atoms with Crippen LogP contribution in [0.15, 0.2) is 42.5 Å². The normalized spacial score (nSPS) is 22.6. The van der Waals surface area contributed by atoms with Crippen molar-refractivity contribution in [2.75, 3.05) is 18.6 Å². The Morgan fingerprint density at radius 2 is 2.04 bits per heavy atom. The lowest BCUT2D eigenvalue weighted by Crippen LogP contribution is -2.50. The minimum Gasteiger partial charge on any atom is -0.504 e. The van der Waals surface area contributed by atoms with Crippen LogP contribution in [0.1, 0.15) is 12.0 Å². The van der Waals surface area contributed by atoms with Crippen molar-refractivity contribution < 1.29 is 14.6 Å². The van der Waals surface area contributed by atoms with Crippen molar-refractivity contribution >= 4 is 23.2 Å². The van der Waals surface area contributed by atoms with Crippen LogP contribution < -0.4 is 9.64 Å². The van der Waals surface area contributed by atoms with E-state index in [9.17, 15) is 9.90 Å². The number of carbonyl (C=O) groups excluding carboxylic acids is 1. The fraction of sp³-hybridized carbons (Fsp3) is 0.316. The molecule has 2 aromatic rings. The second kappa shape index (κ2) is 6.24. The highest BCUT2D eigenvalue weighted by molar-refractivity contribution is 6.34. The number of para-hydroxylation sites is 2. The average molecular weight is 359 g/mol. The molecule has 1 amide bonds. The molecule has 4 rings (SSSR count). The van der Waals surface area contributed by atoms with Gasteiger partial charge in [0.25, 0.3) is 0 Å². The standard InChI is InChI=1S/C19H19ClN2O3/c1-25-17-8-4-5-12(18(17)23)10-21-11-13-9-16(21)19(24)22(13)15-7-3-2-6-14(15)20/h2-8,13,16,23H,9-11H2,1H3/t13-,16-/m0/s1. The second-order valence-electron chi connectivity index (χ2n) is 6.46. The Bertz CT molecular complexity index is 826. The molecule has 2 atom stereocenters. The summed E-state index contributed by atoms with van der Waals surface area (Å²) in [7, 11) is 1.53. The molecule has 6 heteroatoms. The first-order chi connectivity index (χ1) is 12.1. The Morgan fingerprint density at radius 1 is 1.24 bits per heavy atom. The lowest BCUT2D eigenvalue weighted by molar-refractivity contribution is -0.122. The quantitative estimate of drug-likeness (QED) is 0.912. The molecule has 0 saturated carbocycles. The summed E-state index contributed by atoms with van der Waals surface area (Å²) in [5.74, 6) is 0.667. The first-order valence-electron chi connectivity index (χ1n) is 8.26. The lowest BCUT2D eigenvalue weighted by atomic mass is 10.1. The number of piperazine rings is 1. The Kier molecular flexibility index (Phi) is 4.06. The van der Waals surface area contributed by atoms with E-state index in [1.807, 2.05) is 41.3 Å². The SMILES string of the molecule is COc1cccc(CN2C[C@@H]3C[C@H]2C(=O)N3c2ccccc2Cl)c1O. The second-order valence-corrected chi connectivity index (χ2v) is 6.87. The number of anilines is 1. The third-order valence-corrected chi connectivity index (χ3v) is 5.38. The number of phenols is 1. The van der Waals surface area contributed by atoms with E-state index in [1.165, 1.54) is 7.11 Å². The van der Waals surface area contributed by atoms with E-state index in [0.29, 0.717) is 17.3 Å². The maximum atomic E-state index is 12.9. The molecular weight excluding hydrogens is 340 g/mol. The van der Waals surface area contributed by atoms with Gasteiger partial charge in [0.2, 0.25) is 5.91 Å². The summed E-state index contributed by atoms with van der Waals surface area (Å²) in [6.45, 7) is 1.28. The summed E-state index contributed by atoms with van der Waals surface area (Å²) in [5.41, 5.74) is 1.55. The van der Waals surface area contributed by atoms with Crippen molar-refractivity contribution in [3.63, 3.8) is 0 Å². The minimum atomic E-state index is -0.174. The van der Waals surface area contributed by atoms with Crippen LogP contribution in [0, 0.1) is 0 Å². The molecule has 2 saturated heterocycles. The van der Waals surface area contributed by atoms with E-state index >= 15 is 0 Å². The highest BCUT2D eigenvalue weighted by Crippen LogP contribution is 2.40. The molecule has 130 valence electrons. The van der Waals surface area contributed by atoms with Gasteiger partial charge in [-0.25, -0.2) is 0 Å². The monoisotopic (exact) mass is 358 g/mol. The molecule has 0 radical (unpaired) electrons. The first-order valence-corrected chi connectivity index (χ1v) is 8.64. The molecule has 2 heterocycles. The summed E-state index contributed by atoms with van der Waals surface area (Å²) < 4.78 is 5.16. The van der Waals surface area contributed by atoms with Crippen LogP contribution in [0.5, 0.6) is 11.5 Å². The predicted molar refractivity (Wildman–Crippen MR) is 96.2 cm³/mol. The topological polar surface area (TPSA) is 53.0 Å². The van der Waals surface area contributed by atoms with Crippen molar-refractivity contribution in [2.24, 2.45) is 0 Å². The van der Waals surface area contributed by atoms with Gasteiger partial charge in [-0.1, -0.05) is 35.9 Å². The smallest absolute Gasteiger partial charge is 0.244 e. The number of fused-ring (bicyclic) bond motifs is 2. The summed E-state index contributed by atoms with van der Waals surface area (Å²) in [5, 5.41) is 10.9. The largest absolute Gasteiger partial charge is 0.504 e. The number of halogens is 1. The zero-order valence-corrected chi connectivity index (χ0v) is 14.6. The number of aromatic hydroxyl groups is 1. The van der Waals surface area contributed by atoms with Gasteiger partial charge in [-0.05, 0) is 24.6 Å². The van der Waals surface area contributed by atoms with Crippen LogP contribution in [-0.4, -0.2) is 41.7 Å². The van der Waals surface area contributed by atoms with Crippen molar-refractivity contribution in [1.82, 2.24) is 4.90 Å². The number of rotatable bonds is 4. The highest BCUT2D eigenvalue weighted by Gasteiger charge is 2.50. The molecule has 2 fully saturated rings. The van der Waals surface area contributed by atoms with Crippen LogP contribution in [0.4, 0.5) is 5.69 Å². The molecule has 2 aromatic carbocycles. The Labute approximate surface area is 151 Å². The van der Waals surface area contributed by atoms with Crippen LogP contribution >= 0.6 is 11.6 Å². The van der Waals surface area contributed by atoms with Gasteiger partial charge in [0.15, 0.2) is 11.5 Å². The molecule has 2 bridgehead atoms. The van der Waals surface area contributed by atoms with Gasteiger partial charge < -0.3 is 14.7 Å².